The first kappa shape index (κ1) is 13.4. The van der Waals surface area contributed by atoms with Gasteiger partial charge in [-0.1, -0.05) is 0 Å². The monoisotopic (exact) mass is 333 g/mol. The number of hydrogen-bond donors (Lipinski definition) is 1. The number of primary sulfonamides is 1. The molecular weight excluding hydrogens is 322 g/mol. The summed E-state index contributed by atoms with van der Waals surface area (Å²) < 4.78 is 22.8. The zero-order valence-corrected chi connectivity index (χ0v) is 11.8. The summed E-state index contributed by atoms with van der Waals surface area (Å²) in [6.45, 7) is 0.324. The number of halogens is 1. The van der Waals surface area contributed by atoms with Crippen LogP contribution in [-0.4, -0.2) is 31.6 Å². The normalized spacial score (nSPS) is 20.4. The van der Waals surface area contributed by atoms with Crippen LogP contribution in [0.2, 0.25) is 0 Å². The van der Waals surface area contributed by atoms with Gasteiger partial charge in [-0.3, -0.25) is 9.69 Å². The number of aromatic nitrogens is 1. The summed E-state index contributed by atoms with van der Waals surface area (Å²) in [4.78, 5) is 17.5. The van der Waals surface area contributed by atoms with E-state index in [2.05, 4.69) is 20.9 Å². The van der Waals surface area contributed by atoms with Crippen molar-refractivity contribution in [2.45, 2.75) is 6.42 Å². The second-order valence-corrected chi connectivity index (χ2v) is 6.73. The standard InChI is InChI=1S/C10H12BrN3O3S/c11-8-2-1-3-13-10(8)14-5-7(4-9(14)15)6-18(12,16)17/h1-3,7H,4-6H2,(H2,12,16,17). The molecule has 18 heavy (non-hydrogen) atoms. The van der Waals surface area contributed by atoms with Gasteiger partial charge in [0.05, 0.1) is 10.2 Å². The second kappa shape index (κ2) is 4.94. The number of anilines is 1. The van der Waals surface area contributed by atoms with E-state index >= 15 is 0 Å². The summed E-state index contributed by atoms with van der Waals surface area (Å²) in [5.41, 5.74) is 0. The zero-order chi connectivity index (χ0) is 13.3. The third-order valence-corrected chi connectivity index (χ3v) is 4.22. The van der Waals surface area contributed by atoms with Gasteiger partial charge in [0.2, 0.25) is 15.9 Å². The lowest BCUT2D eigenvalue weighted by molar-refractivity contribution is -0.117. The summed E-state index contributed by atoms with van der Waals surface area (Å²) in [5, 5.41) is 4.99. The van der Waals surface area contributed by atoms with Crippen molar-refractivity contribution in [3.63, 3.8) is 0 Å². The lowest BCUT2D eigenvalue weighted by Gasteiger charge is -2.16. The number of rotatable bonds is 3. The van der Waals surface area contributed by atoms with Crippen LogP contribution in [0.5, 0.6) is 0 Å². The number of sulfonamides is 1. The number of nitrogens with two attached hydrogens (primary N) is 1. The molecule has 1 fully saturated rings. The Labute approximate surface area is 113 Å². The first-order chi connectivity index (χ1) is 8.37. The summed E-state index contributed by atoms with van der Waals surface area (Å²) in [7, 11) is -3.56. The van der Waals surface area contributed by atoms with Crippen molar-refractivity contribution in [2.75, 3.05) is 17.2 Å². The molecule has 1 saturated heterocycles. The highest BCUT2D eigenvalue weighted by atomic mass is 79.9. The van der Waals surface area contributed by atoms with Crippen LogP contribution in [0.3, 0.4) is 0 Å². The number of amides is 1. The maximum Gasteiger partial charge on any atom is 0.228 e. The minimum absolute atomic E-state index is 0.136. The predicted molar refractivity (Wildman–Crippen MR) is 70.4 cm³/mol. The molecule has 1 aromatic heterocycles. The largest absolute Gasteiger partial charge is 0.296 e. The third kappa shape index (κ3) is 3.06. The Hall–Kier alpha value is -0.990. The summed E-state index contributed by atoms with van der Waals surface area (Å²) >= 11 is 3.32. The van der Waals surface area contributed by atoms with E-state index in [0.29, 0.717) is 16.8 Å². The lowest BCUT2D eigenvalue weighted by Crippen LogP contribution is -2.28. The fraction of sp³-hybridized carbons (Fsp3) is 0.400. The van der Waals surface area contributed by atoms with Crippen LogP contribution in [0.1, 0.15) is 6.42 Å². The van der Waals surface area contributed by atoms with E-state index in [-0.39, 0.29) is 24.0 Å². The van der Waals surface area contributed by atoms with Gasteiger partial charge in [-0.15, -0.1) is 0 Å². The van der Waals surface area contributed by atoms with E-state index in [1.807, 2.05) is 0 Å². The Morgan fingerprint density at radius 2 is 2.28 bits per heavy atom. The third-order valence-electron chi connectivity index (χ3n) is 2.67. The number of hydrogen-bond acceptors (Lipinski definition) is 4. The Morgan fingerprint density at radius 3 is 2.89 bits per heavy atom. The zero-order valence-electron chi connectivity index (χ0n) is 9.41. The molecule has 6 nitrogen and oxygen atoms in total. The Balaban J connectivity index is 2.18. The molecule has 0 saturated carbocycles. The fourth-order valence-corrected chi connectivity index (χ4v) is 3.35. The first-order valence-electron chi connectivity index (χ1n) is 5.28. The highest BCUT2D eigenvalue weighted by Gasteiger charge is 2.34. The summed E-state index contributed by atoms with van der Waals surface area (Å²) in [5.74, 6) is -0.0800. The van der Waals surface area contributed by atoms with Crippen molar-refractivity contribution in [1.82, 2.24) is 4.98 Å². The maximum atomic E-state index is 11.9. The highest BCUT2D eigenvalue weighted by molar-refractivity contribution is 9.10. The van der Waals surface area contributed by atoms with Crippen LogP contribution in [0.15, 0.2) is 22.8 Å². The van der Waals surface area contributed by atoms with Crippen molar-refractivity contribution >= 4 is 37.7 Å². The van der Waals surface area contributed by atoms with E-state index in [9.17, 15) is 13.2 Å². The molecule has 1 unspecified atom stereocenters. The van der Waals surface area contributed by atoms with Gasteiger partial charge in [-0.2, -0.15) is 0 Å². The smallest absolute Gasteiger partial charge is 0.228 e. The Morgan fingerprint density at radius 1 is 1.56 bits per heavy atom. The number of carbonyl (C=O) groups is 1. The van der Waals surface area contributed by atoms with Crippen LogP contribution < -0.4 is 10.0 Å². The van der Waals surface area contributed by atoms with Gasteiger partial charge in [0.15, 0.2) is 0 Å². The summed E-state index contributed by atoms with van der Waals surface area (Å²) in [6, 6.07) is 3.53. The number of carbonyl (C=O) groups excluding carboxylic acids is 1. The molecule has 0 radical (unpaired) electrons. The van der Waals surface area contributed by atoms with E-state index in [1.54, 1.807) is 18.3 Å². The van der Waals surface area contributed by atoms with Crippen molar-refractivity contribution in [1.29, 1.82) is 0 Å². The van der Waals surface area contributed by atoms with E-state index in [0.717, 1.165) is 0 Å². The predicted octanol–water partition coefficient (Wildman–Crippen LogP) is 0.486. The van der Waals surface area contributed by atoms with Gasteiger partial charge in [-0.25, -0.2) is 18.5 Å². The molecule has 2 rings (SSSR count). The van der Waals surface area contributed by atoms with Gasteiger partial charge >= 0.3 is 0 Å². The van der Waals surface area contributed by atoms with Gasteiger partial charge in [0.1, 0.15) is 5.82 Å². The van der Waals surface area contributed by atoms with Crippen molar-refractivity contribution in [3.05, 3.63) is 22.8 Å². The minimum atomic E-state index is -3.56. The topological polar surface area (TPSA) is 93.4 Å². The molecule has 1 aromatic rings. The Kier molecular flexibility index (Phi) is 3.69. The molecule has 0 aliphatic carbocycles. The molecule has 2 heterocycles. The van der Waals surface area contributed by atoms with Gasteiger partial charge in [-0.05, 0) is 28.1 Å². The average Bonchev–Trinajstić information content (AvgIpc) is 2.57. The van der Waals surface area contributed by atoms with E-state index < -0.39 is 10.0 Å². The molecule has 98 valence electrons. The number of nitrogens with zero attached hydrogens (tertiary/aromatic N) is 2. The maximum absolute atomic E-state index is 11.9. The molecule has 0 spiro atoms. The van der Waals surface area contributed by atoms with Crippen LogP contribution >= 0.6 is 15.9 Å². The minimum Gasteiger partial charge on any atom is -0.296 e. The molecule has 8 heteroatoms. The van der Waals surface area contributed by atoms with Gasteiger partial charge in [0.25, 0.3) is 0 Å². The molecule has 1 aliphatic rings. The van der Waals surface area contributed by atoms with E-state index in [1.165, 1.54) is 4.90 Å². The molecule has 0 bridgehead atoms. The average molecular weight is 334 g/mol. The second-order valence-electron chi connectivity index (χ2n) is 4.21. The molecule has 0 aromatic carbocycles. The molecule has 2 N–H and O–H groups in total. The fourth-order valence-electron chi connectivity index (χ4n) is 2.00. The number of pyridine rings is 1. The van der Waals surface area contributed by atoms with Crippen molar-refractivity contribution < 1.29 is 13.2 Å². The highest BCUT2D eigenvalue weighted by Crippen LogP contribution is 2.29. The van der Waals surface area contributed by atoms with Crippen LogP contribution in [-0.2, 0) is 14.8 Å². The first-order valence-corrected chi connectivity index (χ1v) is 7.79. The molecule has 1 atom stereocenters. The SMILES string of the molecule is NS(=O)(=O)CC1CC(=O)N(c2ncccc2Br)C1. The van der Waals surface area contributed by atoms with Crippen molar-refractivity contribution in [2.24, 2.45) is 11.1 Å². The Bertz CT molecular complexity index is 575. The lowest BCUT2D eigenvalue weighted by atomic mass is 10.1. The van der Waals surface area contributed by atoms with Crippen LogP contribution in [0.4, 0.5) is 5.82 Å². The van der Waals surface area contributed by atoms with Crippen LogP contribution in [0.25, 0.3) is 0 Å². The molecular formula is C10H12BrN3O3S. The molecule has 1 aliphatic heterocycles. The summed E-state index contributed by atoms with van der Waals surface area (Å²) in [6.07, 6.45) is 1.76. The molecule has 1 amide bonds. The van der Waals surface area contributed by atoms with Gasteiger partial charge < -0.3 is 0 Å². The quantitative estimate of drug-likeness (QED) is 0.870. The van der Waals surface area contributed by atoms with Gasteiger partial charge in [0, 0.05) is 25.1 Å². The van der Waals surface area contributed by atoms with Crippen LogP contribution in [0, 0.1) is 5.92 Å². The van der Waals surface area contributed by atoms with Crippen molar-refractivity contribution in [3.8, 4) is 0 Å². The van der Waals surface area contributed by atoms with E-state index in [4.69, 9.17) is 5.14 Å².